The molecule has 0 spiro atoms. The molecule has 2 aromatic rings. The Balaban J connectivity index is 1.76. The van der Waals surface area contributed by atoms with Crippen molar-refractivity contribution in [2.75, 3.05) is 0 Å². The Kier molecular flexibility index (Phi) is 3.45. The molecule has 0 fully saturated rings. The summed E-state index contributed by atoms with van der Waals surface area (Å²) in [5.74, 6) is 0. The molecule has 94 valence electrons. The monoisotopic (exact) mass is 276 g/mol. The Morgan fingerprint density at radius 3 is 2.94 bits per heavy atom. The maximum absolute atomic E-state index is 6.57. The first kappa shape index (κ1) is 12.3. The second-order valence-corrected chi connectivity index (χ2v) is 6.81. The summed E-state index contributed by atoms with van der Waals surface area (Å²) in [7, 11) is 0. The van der Waals surface area contributed by atoms with E-state index >= 15 is 0 Å². The minimum absolute atomic E-state index is 0.127. The molecule has 0 saturated heterocycles. The van der Waals surface area contributed by atoms with Crippen molar-refractivity contribution in [1.82, 2.24) is 0 Å². The SMILES string of the molecule is Cc1cccc(CC(Cl)c2cc3c(s2)CCC3)c1. The van der Waals surface area contributed by atoms with Gasteiger partial charge in [-0.15, -0.1) is 22.9 Å². The number of hydrogen-bond donors (Lipinski definition) is 0. The van der Waals surface area contributed by atoms with Crippen molar-refractivity contribution < 1.29 is 0 Å². The Hall–Kier alpha value is -0.790. The predicted molar refractivity (Wildman–Crippen MR) is 79.8 cm³/mol. The molecule has 1 atom stereocenters. The van der Waals surface area contributed by atoms with Crippen LogP contribution in [0.5, 0.6) is 0 Å². The van der Waals surface area contributed by atoms with E-state index < -0.39 is 0 Å². The van der Waals surface area contributed by atoms with Gasteiger partial charge in [-0.05, 0) is 49.8 Å². The molecule has 1 aromatic carbocycles. The minimum Gasteiger partial charge on any atom is -0.144 e. The van der Waals surface area contributed by atoms with Crippen LogP contribution in [-0.4, -0.2) is 0 Å². The zero-order valence-corrected chi connectivity index (χ0v) is 12.2. The Bertz CT molecular complexity index is 534. The number of halogens is 1. The molecule has 0 bridgehead atoms. The molecular formula is C16H17ClS. The van der Waals surface area contributed by atoms with Crippen LogP contribution in [0.4, 0.5) is 0 Å². The molecule has 1 unspecified atom stereocenters. The average molecular weight is 277 g/mol. The van der Waals surface area contributed by atoms with Crippen LogP contribution in [0.15, 0.2) is 30.3 Å². The zero-order chi connectivity index (χ0) is 12.5. The minimum atomic E-state index is 0.127. The van der Waals surface area contributed by atoms with Gasteiger partial charge in [-0.3, -0.25) is 0 Å². The van der Waals surface area contributed by atoms with E-state index in [-0.39, 0.29) is 5.38 Å². The molecule has 1 heterocycles. The first-order valence-electron chi connectivity index (χ1n) is 6.53. The highest BCUT2D eigenvalue weighted by atomic mass is 35.5. The van der Waals surface area contributed by atoms with Crippen molar-refractivity contribution in [3.05, 3.63) is 56.8 Å². The van der Waals surface area contributed by atoms with Crippen molar-refractivity contribution in [3.63, 3.8) is 0 Å². The van der Waals surface area contributed by atoms with Crippen LogP contribution < -0.4 is 0 Å². The number of fused-ring (bicyclic) bond motifs is 1. The van der Waals surface area contributed by atoms with Gasteiger partial charge in [0.15, 0.2) is 0 Å². The summed E-state index contributed by atoms with van der Waals surface area (Å²) in [6.07, 6.45) is 4.77. The van der Waals surface area contributed by atoms with Crippen LogP contribution in [0.1, 0.15) is 38.2 Å². The van der Waals surface area contributed by atoms with Crippen LogP contribution in [0.2, 0.25) is 0 Å². The number of alkyl halides is 1. The van der Waals surface area contributed by atoms with Gasteiger partial charge in [0, 0.05) is 9.75 Å². The fourth-order valence-electron chi connectivity index (χ4n) is 2.65. The summed E-state index contributed by atoms with van der Waals surface area (Å²) in [5.41, 5.74) is 4.19. The van der Waals surface area contributed by atoms with E-state index in [2.05, 4.69) is 37.3 Å². The number of aryl methyl sites for hydroxylation is 3. The van der Waals surface area contributed by atoms with E-state index in [1.807, 2.05) is 11.3 Å². The third-order valence-corrected chi connectivity index (χ3v) is 5.44. The maximum Gasteiger partial charge on any atom is 0.0719 e. The second kappa shape index (κ2) is 5.07. The summed E-state index contributed by atoms with van der Waals surface area (Å²) < 4.78 is 0. The molecule has 2 heteroatoms. The molecule has 0 nitrogen and oxygen atoms in total. The smallest absolute Gasteiger partial charge is 0.0719 e. The van der Waals surface area contributed by atoms with Crippen LogP contribution >= 0.6 is 22.9 Å². The summed E-state index contributed by atoms with van der Waals surface area (Å²) in [5, 5.41) is 0.127. The largest absolute Gasteiger partial charge is 0.144 e. The lowest BCUT2D eigenvalue weighted by molar-refractivity contribution is 0.905. The molecule has 0 N–H and O–H groups in total. The van der Waals surface area contributed by atoms with Crippen LogP contribution in [0.3, 0.4) is 0 Å². The van der Waals surface area contributed by atoms with Gasteiger partial charge in [-0.1, -0.05) is 29.8 Å². The lowest BCUT2D eigenvalue weighted by Gasteiger charge is -2.08. The van der Waals surface area contributed by atoms with Gasteiger partial charge in [-0.2, -0.15) is 0 Å². The summed E-state index contributed by atoms with van der Waals surface area (Å²) >= 11 is 8.49. The highest BCUT2D eigenvalue weighted by Gasteiger charge is 2.19. The van der Waals surface area contributed by atoms with Crippen molar-refractivity contribution in [3.8, 4) is 0 Å². The van der Waals surface area contributed by atoms with E-state index in [1.165, 1.54) is 35.3 Å². The Labute approximate surface area is 118 Å². The van der Waals surface area contributed by atoms with E-state index in [4.69, 9.17) is 11.6 Å². The van der Waals surface area contributed by atoms with E-state index in [9.17, 15) is 0 Å². The number of rotatable bonds is 3. The molecular weight excluding hydrogens is 260 g/mol. The molecule has 0 amide bonds. The van der Waals surface area contributed by atoms with Crippen molar-refractivity contribution in [1.29, 1.82) is 0 Å². The molecule has 1 aromatic heterocycles. The number of hydrogen-bond acceptors (Lipinski definition) is 1. The first-order valence-corrected chi connectivity index (χ1v) is 7.79. The zero-order valence-electron chi connectivity index (χ0n) is 10.6. The van der Waals surface area contributed by atoms with Crippen molar-refractivity contribution in [2.24, 2.45) is 0 Å². The Morgan fingerprint density at radius 2 is 2.17 bits per heavy atom. The van der Waals surface area contributed by atoms with Gasteiger partial charge in [0.05, 0.1) is 5.38 Å². The quantitative estimate of drug-likeness (QED) is 0.687. The maximum atomic E-state index is 6.57. The molecule has 1 aliphatic carbocycles. The van der Waals surface area contributed by atoms with Gasteiger partial charge < -0.3 is 0 Å². The lowest BCUT2D eigenvalue weighted by Crippen LogP contribution is -1.94. The lowest BCUT2D eigenvalue weighted by atomic mass is 10.1. The van der Waals surface area contributed by atoms with Gasteiger partial charge in [0.25, 0.3) is 0 Å². The average Bonchev–Trinajstić information content (AvgIpc) is 2.88. The van der Waals surface area contributed by atoms with E-state index in [1.54, 1.807) is 10.4 Å². The molecule has 0 saturated carbocycles. The van der Waals surface area contributed by atoms with Crippen molar-refractivity contribution >= 4 is 22.9 Å². The van der Waals surface area contributed by atoms with Crippen LogP contribution in [0.25, 0.3) is 0 Å². The van der Waals surface area contributed by atoms with E-state index in [0.29, 0.717) is 0 Å². The molecule has 0 aliphatic heterocycles. The predicted octanol–water partition coefficient (Wildman–Crippen LogP) is 5.07. The number of thiophene rings is 1. The van der Waals surface area contributed by atoms with Gasteiger partial charge in [0.2, 0.25) is 0 Å². The molecule has 0 radical (unpaired) electrons. The topological polar surface area (TPSA) is 0 Å². The fraction of sp³-hybridized carbons (Fsp3) is 0.375. The van der Waals surface area contributed by atoms with Crippen molar-refractivity contribution in [2.45, 2.75) is 38.0 Å². The third-order valence-electron chi connectivity index (χ3n) is 3.57. The number of benzene rings is 1. The van der Waals surface area contributed by atoms with Gasteiger partial charge in [0.1, 0.15) is 0 Å². The second-order valence-electron chi connectivity index (χ2n) is 5.11. The van der Waals surface area contributed by atoms with Crippen LogP contribution in [-0.2, 0) is 19.3 Å². The summed E-state index contributed by atoms with van der Waals surface area (Å²) in [6, 6.07) is 11.0. The Morgan fingerprint density at radius 1 is 1.28 bits per heavy atom. The van der Waals surface area contributed by atoms with Gasteiger partial charge >= 0.3 is 0 Å². The first-order chi connectivity index (χ1) is 8.72. The summed E-state index contributed by atoms with van der Waals surface area (Å²) in [6.45, 7) is 2.13. The molecule has 1 aliphatic rings. The normalized spacial score (nSPS) is 15.7. The van der Waals surface area contributed by atoms with E-state index in [0.717, 1.165) is 6.42 Å². The van der Waals surface area contributed by atoms with Crippen LogP contribution in [0, 0.1) is 6.92 Å². The summed E-state index contributed by atoms with van der Waals surface area (Å²) in [4.78, 5) is 2.92. The fourth-order valence-corrected chi connectivity index (χ4v) is 4.26. The highest BCUT2D eigenvalue weighted by molar-refractivity contribution is 7.12. The standard InChI is InChI=1S/C16H17ClS/c1-11-4-2-5-12(8-11)9-14(17)16-10-13-6-3-7-15(13)18-16/h2,4-5,8,10,14H,3,6-7,9H2,1H3. The third kappa shape index (κ3) is 2.48. The molecule has 18 heavy (non-hydrogen) atoms. The highest BCUT2D eigenvalue weighted by Crippen LogP contribution is 2.37. The molecule has 3 rings (SSSR count). The van der Waals surface area contributed by atoms with Gasteiger partial charge in [-0.25, -0.2) is 0 Å².